The highest BCUT2D eigenvalue weighted by Crippen LogP contribution is 2.37. The van der Waals surface area contributed by atoms with Crippen LogP contribution in [0.1, 0.15) is 47.2 Å². The Morgan fingerprint density at radius 2 is 1.68 bits per heavy atom. The molecule has 8 nitrogen and oxygen atoms in total. The average Bonchev–Trinajstić information content (AvgIpc) is 3.17. The molecular weight excluding hydrogens is 376 g/mol. The zero-order valence-electron chi connectivity index (χ0n) is 16.9. The molecule has 150 valence electrons. The lowest BCUT2D eigenvalue weighted by atomic mass is 10.1. The Bertz CT molecular complexity index is 853. The molecule has 0 atom stereocenters. The van der Waals surface area contributed by atoms with E-state index in [1.165, 1.54) is 0 Å². The molecule has 0 saturated heterocycles. The highest BCUT2D eigenvalue weighted by Gasteiger charge is 2.38. The number of carbonyl (C=O) groups is 2. The third-order valence-corrected chi connectivity index (χ3v) is 9.84. The smallest absolute Gasteiger partial charge is 0.285 e. The molecule has 1 aliphatic rings. The van der Waals surface area contributed by atoms with Gasteiger partial charge in [-0.25, -0.2) is 4.68 Å². The molecule has 0 saturated carbocycles. The van der Waals surface area contributed by atoms with Crippen LogP contribution in [0.2, 0.25) is 18.1 Å². The first-order chi connectivity index (χ1) is 13.1. The summed E-state index contributed by atoms with van der Waals surface area (Å²) < 4.78 is 7.89. The predicted octanol–water partition coefficient (Wildman–Crippen LogP) is 3.03. The monoisotopic (exact) mass is 402 g/mol. The number of hydrogen-bond donors (Lipinski definition) is 0. The molecule has 2 aromatic rings. The summed E-state index contributed by atoms with van der Waals surface area (Å²) in [5.74, 6) is -0.888. The van der Waals surface area contributed by atoms with E-state index in [9.17, 15) is 9.59 Å². The van der Waals surface area contributed by atoms with Crippen LogP contribution < -0.4 is 0 Å². The van der Waals surface area contributed by atoms with Crippen molar-refractivity contribution in [2.24, 2.45) is 0 Å². The van der Waals surface area contributed by atoms with Gasteiger partial charge in [0.15, 0.2) is 8.32 Å². The number of aromatic nitrogens is 3. The minimum absolute atomic E-state index is 0.111. The first-order valence-corrected chi connectivity index (χ1v) is 12.1. The summed E-state index contributed by atoms with van der Waals surface area (Å²) in [6, 6.07) is 6.68. The van der Waals surface area contributed by atoms with Gasteiger partial charge in [0.2, 0.25) is 0 Å². The van der Waals surface area contributed by atoms with Gasteiger partial charge < -0.3 is 4.43 Å². The van der Waals surface area contributed by atoms with Crippen LogP contribution in [0.15, 0.2) is 30.5 Å². The van der Waals surface area contributed by atoms with Crippen LogP contribution in [0.3, 0.4) is 0 Å². The van der Waals surface area contributed by atoms with Gasteiger partial charge in [0.1, 0.15) is 0 Å². The number of benzene rings is 1. The number of imide groups is 1. The van der Waals surface area contributed by atoms with Crippen LogP contribution in [0, 0.1) is 0 Å². The number of carbonyl (C=O) groups excluding carboxylic acids is 2. The third kappa shape index (κ3) is 3.91. The zero-order valence-corrected chi connectivity index (χ0v) is 17.9. The molecule has 2 amide bonds. The van der Waals surface area contributed by atoms with Gasteiger partial charge in [0, 0.05) is 0 Å². The van der Waals surface area contributed by atoms with Gasteiger partial charge in [-0.05, 0) is 30.3 Å². The summed E-state index contributed by atoms with van der Waals surface area (Å²) in [5.41, 5.74) is 1.55. The van der Waals surface area contributed by atoms with Gasteiger partial charge >= 0.3 is 0 Å². The van der Waals surface area contributed by atoms with Crippen molar-refractivity contribution in [1.82, 2.24) is 20.1 Å². The lowest BCUT2D eigenvalue weighted by Crippen LogP contribution is -2.40. The summed E-state index contributed by atoms with van der Waals surface area (Å²) in [6.07, 6.45) is 1.66. The largest absolute Gasteiger partial charge is 0.411 e. The molecule has 28 heavy (non-hydrogen) atoms. The second-order valence-electron chi connectivity index (χ2n) is 8.28. The topological polar surface area (TPSA) is 86.6 Å². The molecule has 0 aliphatic carbocycles. The Hall–Kier alpha value is -2.36. The molecule has 9 heteroatoms. The number of nitrogens with zero attached hydrogens (tertiary/aromatic N) is 4. The van der Waals surface area contributed by atoms with E-state index >= 15 is 0 Å². The third-order valence-electron chi connectivity index (χ3n) is 5.37. The first-order valence-electron chi connectivity index (χ1n) is 9.24. The molecule has 0 spiro atoms. The molecule has 0 unspecified atom stereocenters. The Morgan fingerprint density at radius 3 is 2.25 bits per heavy atom. The van der Waals surface area contributed by atoms with Gasteiger partial charge in [-0.2, -0.15) is 0 Å². The first kappa shape index (κ1) is 20.4. The second kappa shape index (κ2) is 7.57. The van der Waals surface area contributed by atoms with E-state index in [0.29, 0.717) is 24.3 Å². The molecule has 0 fully saturated rings. The number of fused-ring (bicyclic) bond motifs is 1. The molecule has 2 heterocycles. The van der Waals surface area contributed by atoms with E-state index in [1.807, 2.05) is 0 Å². The molecule has 1 aromatic heterocycles. The quantitative estimate of drug-likeness (QED) is 0.523. The Kier molecular flexibility index (Phi) is 5.51. The van der Waals surface area contributed by atoms with Crippen LogP contribution >= 0.6 is 0 Å². The highest BCUT2D eigenvalue weighted by atomic mass is 28.4. The van der Waals surface area contributed by atoms with Crippen molar-refractivity contribution in [3.8, 4) is 0 Å². The lowest BCUT2D eigenvalue weighted by Gasteiger charge is -2.36. The fourth-order valence-corrected chi connectivity index (χ4v) is 3.49. The van der Waals surface area contributed by atoms with Crippen molar-refractivity contribution >= 4 is 20.1 Å². The van der Waals surface area contributed by atoms with Crippen molar-refractivity contribution < 1.29 is 18.9 Å². The van der Waals surface area contributed by atoms with E-state index in [2.05, 4.69) is 44.2 Å². The van der Waals surface area contributed by atoms with Gasteiger partial charge in [0.05, 0.1) is 42.8 Å². The van der Waals surface area contributed by atoms with Crippen molar-refractivity contribution in [3.05, 3.63) is 47.3 Å². The molecule has 0 radical (unpaired) electrons. The predicted molar refractivity (Wildman–Crippen MR) is 105 cm³/mol. The molecule has 1 aliphatic heterocycles. The molecular formula is C19H26N4O4Si. The van der Waals surface area contributed by atoms with Gasteiger partial charge in [-0.15, -0.1) is 10.2 Å². The standard InChI is InChI=1S/C19H26N4O4Si/c1-19(2,3)28(4,5)27-13-14-12-20-21-22(14)10-11-26-23-17(24)15-8-6-7-9-16(15)18(23)25/h6-9,12H,10-11,13H2,1-5H3. The van der Waals surface area contributed by atoms with E-state index in [1.54, 1.807) is 35.1 Å². The maximum Gasteiger partial charge on any atom is 0.285 e. The normalized spacial score (nSPS) is 14.7. The Balaban J connectivity index is 1.57. The Labute approximate surface area is 165 Å². The molecule has 3 rings (SSSR count). The Morgan fingerprint density at radius 1 is 1.07 bits per heavy atom. The van der Waals surface area contributed by atoms with Gasteiger partial charge in [-0.3, -0.25) is 14.4 Å². The number of amides is 2. The van der Waals surface area contributed by atoms with Crippen molar-refractivity contribution in [1.29, 1.82) is 0 Å². The summed E-state index contributed by atoms with van der Waals surface area (Å²) in [7, 11) is -1.89. The molecule has 0 bridgehead atoms. The van der Waals surface area contributed by atoms with E-state index in [4.69, 9.17) is 9.26 Å². The maximum atomic E-state index is 12.3. The summed E-state index contributed by atoms with van der Waals surface area (Å²) >= 11 is 0. The van der Waals surface area contributed by atoms with Gasteiger partial charge in [0.25, 0.3) is 11.8 Å². The minimum atomic E-state index is -1.89. The van der Waals surface area contributed by atoms with Crippen molar-refractivity contribution in [2.45, 2.75) is 52.1 Å². The lowest BCUT2D eigenvalue weighted by molar-refractivity contribution is -0.0943. The summed E-state index contributed by atoms with van der Waals surface area (Å²) in [4.78, 5) is 30.1. The van der Waals surface area contributed by atoms with Crippen molar-refractivity contribution in [2.75, 3.05) is 6.61 Å². The second-order valence-corrected chi connectivity index (χ2v) is 13.1. The number of hydroxylamine groups is 2. The van der Waals surface area contributed by atoms with Gasteiger partial charge in [-0.1, -0.05) is 38.1 Å². The maximum absolute atomic E-state index is 12.3. The van der Waals surface area contributed by atoms with E-state index < -0.39 is 20.1 Å². The molecule has 0 N–H and O–H groups in total. The fraction of sp³-hybridized carbons (Fsp3) is 0.474. The SMILES string of the molecule is CC(C)(C)[Si](C)(C)OCc1cnnn1CCON1C(=O)c2ccccc2C1=O. The average molecular weight is 403 g/mol. The fourth-order valence-electron chi connectivity index (χ4n) is 2.55. The van der Waals surface area contributed by atoms with Crippen LogP contribution in [0.4, 0.5) is 0 Å². The van der Waals surface area contributed by atoms with Crippen LogP contribution in [0.25, 0.3) is 0 Å². The molecule has 1 aromatic carbocycles. The zero-order chi connectivity index (χ0) is 20.5. The van der Waals surface area contributed by atoms with Crippen molar-refractivity contribution in [3.63, 3.8) is 0 Å². The highest BCUT2D eigenvalue weighted by molar-refractivity contribution is 6.74. The van der Waals surface area contributed by atoms with Crippen LogP contribution in [-0.4, -0.2) is 46.8 Å². The summed E-state index contributed by atoms with van der Waals surface area (Å²) in [6.45, 7) is 11.8. The van der Waals surface area contributed by atoms with Crippen LogP contribution in [0.5, 0.6) is 0 Å². The van der Waals surface area contributed by atoms with E-state index in [-0.39, 0.29) is 11.6 Å². The number of rotatable bonds is 7. The van der Waals surface area contributed by atoms with Crippen LogP contribution in [-0.2, 0) is 22.4 Å². The minimum Gasteiger partial charge on any atom is -0.411 e. The summed E-state index contributed by atoms with van der Waals surface area (Å²) in [5, 5.41) is 8.92. The van der Waals surface area contributed by atoms with E-state index in [0.717, 1.165) is 10.8 Å². The number of hydrogen-bond acceptors (Lipinski definition) is 6.